The third-order valence-corrected chi connectivity index (χ3v) is 5.30. The first-order valence-electron chi connectivity index (χ1n) is 10.5. The van der Waals surface area contributed by atoms with Gasteiger partial charge in [-0.2, -0.15) is 0 Å². The molecule has 8 heteroatoms. The number of halogens is 1. The number of nitrogens with one attached hydrogen (secondary N) is 2. The van der Waals surface area contributed by atoms with Crippen LogP contribution in [0.1, 0.15) is 29.9 Å². The van der Waals surface area contributed by atoms with Gasteiger partial charge in [-0.15, -0.1) is 24.0 Å². The van der Waals surface area contributed by atoms with Gasteiger partial charge in [-0.3, -0.25) is 9.79 Å². The number of aryl methyl sites for hydroxylation is 1. The Morgan fingerprint density at radius 1 is 1.09 bits per heavy atom. The van der Waals surface area contributed by atoms with Crippen molar-refractivity contribution in [1.82, 2.24) is 15.6 Å². The molecule has 0 aliphatic carbocycles. The van der Waals surface area contributed by atoms with E-state index in [0.717, 1.165) is 35.5 Å². The fourth-order valence-electron chi connectivity index (χ4n) is 3.52. The number of aliphatic imine (C=N–C) groups is 1. The summed E-state index contributed by atoms with van der Waals surface area (Å²) in [6.07, 6.45) is 3.31. The molecule has 1 aliphatic rings. The minimum absolute atomic E-state index is 0. The monoisotopic (exact) mass is 545 g/mol. The zero-order chi connectivity index (χ0) is 21.6. The SMILES string of the molecule is CN=C(NCc1ccc(N2CCCC2=O)cc1)NCc1ncc(-c2ccc(C)cc2)o1.I. The lowest BCUT2D eigenvalue weighted by Crippen LogP contribution is -2.36. The highest BCUT2D eigenvalue weighted by atomic mass is 127. The Hall–Kier alpha value is -2.88. The van der Waals surface area contributed by atoms with E-state index in [1.165, 1.54) is 5.56 Å². The van der Waals surface area contributed by atoms with Crippen molar-refractivity contribution in [2.75, 3.05) is 18.5 Å². The lowest BCUT2D eigenvalue weighted by atomic mass is 10.1. The molecule has 0 spiro atoms. The van der Waals surface area contributed by atoms with Crippen molar-refractivity contribution in [3.63, 3.8) is 0 Å². The molecule has 1 aliphatic heterocycles. The number of benzene rings is 2. The summed E-state index contributed by atoms with van der Waals surface area (Å²) < 4.78 is 5.85. The number of carbonyl (C=O) groups excluding carboxylic acids is 1. The Morgan fingerprint density at radius 3 is 2.47 bits per heavy atom. The number of aromatic nitrogens is 1. The zero-order valence-electron chi connectivity index (χ0n) is 18.3. The van der Waals surface area contributed by atoms with E-state index in [0.29, 0.717) is 31.4 Å². The summed E-state index contributed by atoms with van der Waals surface area (Å²) in [6, 6.07) is 16.2. The Morgan fingerprint density at radius 2 is 1.81 bits per heavy atom. The minimum atomic E-state index is 0. The van der Waals surface area contributed by atoms with Crippen LogP contribution >= 0.6 is 24.0 Å². The van der Waals surface area contributed by atoms with Crippen molar-refractivity contribution < 1.29 is 9.21 Å². The number of guanidine groups is 1. The third-order valence-electron chi connectivity index (χ3n) is 5.30. The van der Waals surface area contributed by atoms with Gasteiger partial charge in [-0.05, 0) is 31.0 Å². The molecule has 168 valence electrons. The summed E-state index contributed by atoms with van der Waals surface area (Å²) in [5.41, 5.74) is 4.28. The van der Waals surface area contributed by atoms with Crippen LogP contribution in [0.2, 0.25) is 0 Å². The maximum absolute atomic E-state index is 11.9. The number of hydrogen-bond donors (Lipinski definition) is 2. The van der Waals surface area contributed by atoms with Crippen LogP contribution in [0, 0.1) is 6.92 Å². The second kappa shape index (κ2) is 11.1. The van der Waals surface area contributed by atoms with Gasteiger partial charge in [0.05, 0.1) is 12.7 Å². The Labute approximate surface area is 205 Å². The van der Waals surface area contributed by atoms with Gasteiger partial charge >= 0.3 is 0 Å². The third kappa shape index (κ3) is 5.87. The first-order valence-corrected chi connectivity index (χ1v) is 10.5. The van der Waals surface area contributed by atoms with E-state index in [1.807, 2.05) is 41.3 Å². The second-order valence-corrected chi connectivity index (χ2v) is 7.58. The summed E-state index contributed by atoms with van der Waals surface area (Å²) in [5.74, 6) is 2.20. The highest BCUT2D eigenvalue weighted by Crippen LogP contribution is 2.22. The summed E-state index contributed by atoms with van der Waals surface area (Å²) in [4.78, 5) is 22.3. The highest BCUT2D eigenvalue weighted by Gasteiger charge is 2.21. The molecule has 4 rings (SSSR count). The van der Waals surface area contributed by atoms with E-state index in [9.17, 15) is 4.79 Å². The van der Waals surface area contributed by atoms with Gasteiger partial charge in [-0.25, -0.2) is 4.98 Å². The Bertz CT molecular complexity index is 1060. The maximum Gasteiger partial charge on any atom is 0.227 e. The summed E-state index contributed by atoms with van der Waals surface area (Å²) in [5, 5.41) is 6.51. The van der Waals surface area contributed by atoms with Gasteiger partial charge in [0.1, 0.15) is 0 Å². The zero-order valence-corrected chi connectivity index (χ0v) is 20.6. The molecule has 0 saturated carbocycles. The van der Waals surface area contributed by atoms with E-state index < -0.39 is 0 Å². The molecule has 0 radical (unpaired) electrons. The molecule has 1 amide bonds. The van der Waals surface area contributed by atoms with Crippen molar-refractivity contribution in [3.8, 4) is 11.3 Å². The van der Waals surface area contributed by atoms with Crippen LogP contribution in [-0.2, 0) is 17.9 Å². The fraction of sp³-hybridized carbons (Fsp3) is 0.292. The number of rotatable bonds is 6. The smallest absolute Gasteiger partial charge is 0.227 e. The Balaban J connectivity index is 0.00000289. The molecule has 0 bridgehead atoms. The van der Waals surface area contributed by atoms with Crippen LogP contribution < -0.4 is 15.5 Å². The normalized spacial score (nSPS) is 13.8. The minimum Gasteiger partial charge on any atom is -0.439 e. The molecule has 2 N–H and O–H groups in total. The van der Waals surface area contributed by atoms with Crippen LogP contribution in [-0.4, -0.2) is 30.4 Å². The number of hydrogen-bond acceptors (Lipinski definition) is 4. The summed E-state index contributed by atoms with van der Waals surface area (Å²) >= 11 is 0. The molecule has 7 nitrogen and oxygen atoms in total. The van der Waals surface area contributed by atoms with E-state index in [-0.39, 0.29) is 29.9 Å². The molecule has 2 heterocycles. The molecular weight excluding hydrogens is 517 g/mol. The van der Waals surface area contributed by atoms with Crippen LogP contribution in [0.4, 0.5) is 5.69 Å². The van der Waals surface area contributed by atoms with Crippen molar-refractivity contribution in [2.45, 2.75) is 32.9 Å². The van der Waals surface area contributed by atoms with E-state index in [1.54, 1.807) is 13.2 Å². The van der Waals surface area contributed by atoms with Gasteiger partial charge in [0, 0.05) is 37.8 Å². The van der Waals surface area contributed by atoms with Crippen molar-refractivity contribution >= 4 is 41.5 Å². The Kier molecular flexibility index (Phi) is 8.26. The predicted molar refractivity (Wildman–Crippen MR) is 137 cm³/mol. The van der Waals surface area contributed by atoms with E-state index >= 15 is 0 Å². The van der Waals surface area contributed by atoms with Gasteiger partial charge in [0.2, 0.25) is 11.8 Å². The van der Waals surface area contributed by atoms with Gasteiger partial charge < -0.3 is 20.0 Å². The van der Waals surface area contributed by atoms with Crippen LogP contribution in [0.3, 0.4) is 0 Å². The number of carbonyl (C=O) groups is 1. The van der Waals surface area contributed by atoms with E-state index in [2.05, 4.69) is 39.7 Å². The largest absolute Gasteiger partial charge is 0.439 e. The molecular formula is C24H28IN5O2. The lowest BCUT2D eigenvalue weighted by molar-refractivity contribution is -0.117. The quantitative estimate of drug-likeness (QED) is 0.275. The van der Waals surface area contributed by atoms with Crippen LogP contribution in [0.25, 0.3) is 11.3 Å². The molecule has 2 aromatic carbocycles. The average molecular weight is 545 g/mol. The molecule has 0 unspecified atom stereocenters. The lowest BCUT2D eigenvalue weighted by Gasteiger charge is -2.16. The molecule has 1 aromatic heterocycles. The summed E-state index contributed by atoms with van der Waals surface area (Å²) in [6.45, 7) is 3.91. The molecule has 1 saturated heterocycles. The number of oxazole rings is 1. The molecule has 1 fully saturated rings. The predicted octanol–water partition coefficient (Wildman–Crippen LogP) is 4.26. The van der Waals surface area contributed by atoms with Crippen molar-refractivity contribution in [1.29, 1.82) is 0 Å². The number of anilines is 1. The molecule has 32 heavy (non-hydrogen) atoms. The van der Waals surface area contributed by atoms with E-state index in [4.69, 9.17) is 4.42 Å². The van der Waals surface area contributed by atoms with Gasteiger partial charge in [0.15, 0.2) is 11.7 Å². The fourth-order valence-corrected chi connectivity index (χ4v) is 3.52. The van der Waals surface area contributed by atoms with Crippen LogP contribution in [0.15, 0.2) is 64.1 Å². The first kappa shape index (κ1) is 23.8. The number of nitrogens with zero attached hydrogens (tertiary/aromatic N) is 3. The van der Waals surface area contributed by atoms with Crippen molar-refractivity contribution in [3.05, 3.63) is 71.7 Å². The maximum atomic E-state index is 11.9. The highest BCUT2D eigenvalue weighted by molar-refractivity contribution is 14.0. The standard InChI is InChI=1S/C24H27N5O2.HI/c1-17-5-9-19(10-6-17)21-15-26-22(31-21)16-28-24(25-2)27-14-18-7-11-20(12-8-18)29-13-3-4-23(29)30;/h5-12,15H,3-4,13-14,16H2,1-2H3,(H2,25,27,28);1H. The first-order chi connectivity index (χ1) is 15.1. The number of amides is 1. The van der Waals surface area contributed by atoms with Crippen LogP contribution in [0.5, 0.6) is 0 Å². The average Bonchev–Trinajstić information content (AvgIpc) is 3.44. The summed E-state index contributed by atoms with van der Waals surface area (Å²) in [7, 11) is 1.73. The molecule has 3 aromatic rings. The second-order valence-electron chi connectivity index (χ2n) is 7.58. The van der Waals surface area contributed by atoms with Crippen molar-refractivity contribution in [2.24, 2.45) is 4.99 Å². The molecule has 0 atom stereocenters. The van der Waals surface area contributed by atoms with Gasteiger partial charge in [-0.1, -0.05) is 42.0 Å². The topological polar surface area (TPSA) is 82.8 Å². The van der Waals surface area contributed by atoms with Gasteiger partial charge in [0.25, 0.3) is 0 Å².